The zero-order valence-corrected chi connectivity index (χ0v) is 17.6. The molecular formula is C23H26O7. The molecule has 3 N–H and O–H groups in total. The van der Waals surface area contributed by atoms with Crippen molar-refractivity contribution in [1.29, 1.82) is 0 Å². The van der Waals surface area contributed by atoms with Gasteiger partial charge in [0.25, 0.3) is 0 Å². The van der Waals surface area contributed by atoms with Crippen molar-refractivity contribution in [2.75, 3.05) is 0 Å². The number of hydrogen-bond acceptors (Lipinski definition) is 6. The fourth-order valence-electron chi connectivity index (χ4n) is 3.81. The van der Waals surface area contributed by atoms with Gasteiger partial charge in [-0.2, -0.15) is 0 Å². The Morgan fingerprint density at radius 2 is 1.80 bits per heavy atom. The van der Waals surface area contributed by atoms with E-state index >= 15 is 0 Å². The number of rotatable bonds is 1. The van der Waals surface area contributed by atoms with Gasteiger partial charge in [0.1, 0.15) is 5.76 Å². The highest BCUT2D eigenvalue weighted by atomic mass is 16.6. The summed E-state index contributed by atoms with van der Waals surface area (Å²) in [5.74, 6) is -5.32. The molecule has 0 radical (unpaired) electrons. The maximum absolute atomic E-state index is 13.1. The number of allylic oxidation sites excluding steroid dienone is 7. The number of carbonyl (C=O) groups is 2. The number of carboxylic acids is 1. The Morgan fingerprint density at radius 1 is 1.13 bits per heavy atom. The van der Waals surface area contributed by atoms with Crippen molar-refractivity contribution in [3.8, 4) is 0 Å². The van der Waals surface area contributed by atoms with E-state index in [2.05, 4.69) is 0 Å². The smallest absolute Gasteiger partial charge is 0.318 e. The van der Waals surface area contributed by atoms with Crippen LogP contribution < -0.4 is 0 Å². The van der Waals surface area contributed by atoms with Crippen LogP contribution in [0.4, 0.5) is 0 Å². The van der Waals surface area contributed by atoms with E-state index in [9.17, 15) is 24.9 Å². The topological polar surface area (TPSA) is 113 Å². The van der Waals surface area contributed by atoms with Gasteiger partial charge in [-0.25, -0.2) is 0 Å². The summed E-state index contributed by atoms with van der Waals surface area (Å²) < 4.78 is 11.7. The molecule has 160 valence electrons. The van der Waals surface area contributed by atoms with Gasteiger partial charge < -0.3 is 24.8 Å². The zero-order chi connectivity index (χ0) is 22.4. The summed E-state index contributed by atoms with van der Waals surface area (Å²) in [7, 11) is 0. The number of aliphatic hydroxyl groups excluding tert-OH is 2. The predicted octanol–water partition coefficient (Wildman–Crippen LogP) is 4.38. The largest absolute Gasteiger partial charge is 0.505 e. The first-order valence-corrected chi connectivity index (χ1v) is 9.71. The quantitative estimate of drug-likeness (QED) is 0.546. The van der Waals surface area contributed by atoms with Gasteiger partial charge in [0.05, 0.1) is 0 Å². The van der Waals surface area contributed by atoms with Gasteiger partial charge in [-0.3, -0.25) is 9.59 Å². The standard InChI is InChI=1S/C23H26O7/c1-11-6-8-15-9-7-12(2)19(29-15)20-18(25)21(26)23(5,30-20)16(22(27)28)17(24)14(4)10-13(11)3/h6-9,14,16,25-26H,10H2,1-5H3,(H,27,28)/b8-6+,13-11-,20-19-. The monoisotopic (exact) mass is 414 g/mol. The summed E-state index contributed by atoms with van der Waals surface area (Å²) in [4.78, 5) is 25.3. The van der Waals surface area contributed by atoms with Gasteiger partial charge in [-0.1, -0.05) is 30.2 Å². The molecule has 7 nitrogen and oxygen atoms in total. The molecule has 3 aliphatic heterocycles. The van der Waals surface area contributed by atoms with E-state index in [0.717, 1.165) is 11.1 Å². The molecule has 0 saturated carbocycles. The van der Waals surface area contributed by atoms with Crippen molar-refractivity contribution < 1.29 is 34.4 Å². The first-order chi connectivity index (χ1) is 14.0. The summed E-state index contributed by atoms with van der Waals surface area (Å²) in [6.45, 7) is 8.44. The maximum Gasteiger partial charge on any atom is 0.318 e. The average molecular weight is 414 g/mol. The van der Waals surface area contributed by atoms with Crippen LogP contribution in [0.25, 0.3) is 0 Å². The Morgan fingerprint density at radius 3 is 2.43 bits per heavy atom. The van der Waals surface area contributed by atoms with Crippen molar-refractivity contribution in [2.45, 2.75) is 46.6 Å². The van der Waals surface area contributed by atoms with Crippen LogP contribution in [0, 0.1) is 11.8 Å². The van der Waals surface area contributed by atoms with Crippen molar-refractivity contribution in [2.24, 2.45) is 11.8 Å². The Bertz CT molecular complexity index is 1000. The number of aliphatic carboxylic acids is 1. The highest BCUT2D eigenvalue weighted by Crippen LogP contribution is 2.45. The molecule has 0 aromatic rings. The fraction of sp³-hybridized carbons (Fsp3) is 0.391. The van der Waals surface area contributed by atoms with Crippen molar-refractivity contribution in [1.82, 2.24) is 0 Å². The van der Waals surface area contributed by atoms with Crippen LogP contribution in [0.2, 0.25) is 0 Å². The minimum absolute atomic E-state index is 0.143. The molecule has 3 heterocycles. The Balaban J connectivity index is 2.26. The molecule has 3 atom stereocenters. The van der Waals surface area contributed by atoms with Gasteiger partial charge in [-0.15, -0.1) is 0 Å². The van der Waals surface area contributed by atoms with E-state index < -0.39 is 40.7 Å². The van der Waals surface area contributed by atoms with Gasteiger partial charge in [0.15, 0.2) is 28.8 Å². The molecule has 0 saturated heterocycles. The van der Waals surface area contributed by atoms with E-state index in [-0.39, 0.29) is 11.5 Å². The lowest BCUT2D eigenvalue weighted by Gasteiger charge is -2.31. The number of fused-ring (bicyclic) bond motifs is 4. The molecular weight excluding hydrogens is 388 g/mol. The average Bonchev–Trinajstić information content (AvgIpc) is 2.90. The third-order valence-electron chi connectivity index (χ3n) is 5.86. The molecule has 3 unspecified atom stereocenters. The number of ketones is 1. The number of aliphatic hydroxyl groups is 2. The molecule has 0 aromatic heterocycles. The summed E-state index contributed by atoms with van der Waals surface area (Å²) in [6, 6.07) is 0. The molecule has 3 aliphatic rings. The van der Waals surface area contributed by atoms with Gasteiger partial charge in [0.2, 0.25) is 11.5 Å². The molecule has 0 spiro atoms. The van der Waals surface area contributed by atoms with Crippen molar-refractivity contribution >= 4 is 11.8 Å². The Kier molecular flexibility index (Phi) is 5.41. The van der Waals surface area contributed by atoms with Crippen LogP contribution in [0.1, 0.15) is 41.0 Å². The fourth-order valence-corrected chi connectivity index (χ4v) is 3.81. The third kappa shape index (κ3) is 3.44. The molecule has 3 rings (SSSR count). The maximum atomic E-state index is 13.1. The Labute approximate surface area is 175 Å². The zero-order valence-electron chi connectivity index (χ0n) is 17.6. The minimum atomic E-state index is -1.97. The van der Waals surface area contributed by atoms with Gasteiger partial charge >= 0.3 is 5.97 Å². The normalized spacial score (nSPS) is 35.7. The summed E-state index contributed by atoms with van der Waals surface area (Å²) in [5.41, 5.74) is 0.486. The molecule has 0 fully saturated rings. The lowest BCUT2D eigenvalue weighted by molar-refractivity contribution is -0.158. The van der Waals surface area contributed by atoms with E-state index in [1.54, 1.807) is 32.1 Å². The highest BCUT2D eigenvalue weighted by molar-refractivity contribution is 6.01. The molecule has 30 heavy (non-hydrogen) atoms. The van der Waals surface area contributed by atoms with Crippen LogP contribution in [0.5, 0.6) is 0 Å². The molecule has 4 bridgehead atoms. The highest BCUT2D eigenvalue weighted by Gasteiger charge is 2.56. The summed E-state index contributed by atoms with van der Waals surface area (Å²) in [6.07, 6.45) is 7.47. The van der Waals surface area contributed by atoms with Crippen LogP contribution in [0.15, 0.2) is 69.8 Å². The lowest BCUT2D eigenvalue weighted by atomic mass is 9.78. The van der Waals surface area contributed by atoms with Crippen molar-refractivity contribution in [3.63, 3.8) is 0 Å². The number of carboxylic acid groups (broad SMARTS) is 1. The van der Waals surface area contributed by atoms with E-state index in [0.29, 0.717) is 17.8 Å². The van der Waals surface area contributed by atoms with Crippen LogP contribution in [0.3, 0.4) is 0 Å². The number of ether oxygens (including phenoxy) is 2. The van der Waals surface area contributed by atoms with E-state index in [1.165, 1.54) is 6.92 Å². The van der Waals surface area contributed by atoms with Crippen molar-refractivity contribution in [3.05, 3.63) is 69.8 Å². The SMILES string of the molecule is CC1=CC=C2/C=C/C(C)=C(/C)CC(C)C(=O)C(C(=O)O)C3(C)O/C(=C/1O2)C(O)=C3O. The number of carbonyl (C=O) groups excluding carboxylic acids is 1. The molecule has 0 aromatic carbocycles. The molecule has 7 heteroatoms. The first kappa shape index (κ1) is 21.5. The van der Waals surface area contributed by atoms with E-state index in [1.807, 2.05) is 19.9 Å². The van der Waals surface area contributed by atoms with Gasteiger partial charge in [-0.05, 0) is 51.8 Å². The summed E-state index contributed by atoms with van der Waals surface area (Å²) >= 11 is 0. The number of hydrogen-bond donors (Lipinski definition) is 3. The second-order valence-electron chi connectivity index (χ2n) is 8.16. The van der Waals surface area contributed by atoms with Crippen LogP contribution in [-0.4, -0.2) is 32.7 Å². The van der Waals surface area contributed by atoms with Crippen LogP contribution >= 0.6 is 0 Å². The second kappa shape index (κ2) is 7.55. The summed E-state index contributed by atoms with van der Waals surface area (Å²) in [5, 5.41) is 31.1. The second-order valence-corrected chi connectivity index (χ2v) is 8.16. The van der Waals surface area contributed by atoms with Gasteiger partial charge in [0, 0.05) is 5.92 Å². The van der Waals surface area contributed by atoms with Crippen LogP contribution in [-0.2, 0) is 19.1 Å². The minimum Gasteiger partial charge on any atom is -0.505 e. The molecule has 0 amide bonds. The predicted molar refractivity (Wildman–Crippen MR) is 109 cm³/mol. The Hall–Kier alpha value is -3.22. The first-order valence-electron chi connectivity index (χ1n) is 9.71. The number of Topliss-reactive ketones (excluding diaryl/α,β-unsaturated/α-hetero) is 1. The molecule has 0 aliphatic carbocycles. The van der Waals surface area contributed by atoms with E-state index in [4.69, 9.17) is 9.47 Å². The third-order valence-corrected chi connectivity index (χ3v) is 5.86. The lowest BCUT2D eigenvalue weighted by Crippen LogP contribution is -2.48.